The van der Waals surface area contributed by atoms with Crippen LogP contribution < -0.4 is 11.1 Å². The quantitative estimate of drug-likeness (QED) is 0.706. The third-order valence-corrected chi connectivity index (χ3v) is 6.02. The lowest BCUT2D eigenvalue weighted by Gasteiger charge is -2.24. The third kappa shape index (κ3) is 3.50. The van der Waals surface area contributed by atoms with Crippen LogP contribution in [0.2, 0.25) is 0 Å². The molecule has 0 spiro atoms. The van der Waals surface area contributed by atoms with Crippen LogP contribution >= 0.6 is 0 Å². The zero-order valence-corrected chi connectivity index (χ0v) is 16.4. The maximum absolute atomic E-state index is 13.3. The van der Waals surface area contributed by atoms with E-state index < -0.39 is 0 Å². The van der Waals surface area contributed by atoms with Gasteiger partial charge < -0.3 is 16.0 Å². The van der Waals surface area contributed by atoms with Gasteiger partial charge in [0.2, 0.25) is 5.95 Å². The van der Waals surface area contributed by atoms with E-state index in [1.165, 1.54) is 43.2 Å². The monoisotopic (exact) mass is 387 g/mol. The highest BCUT2D eigenvalue weighted by Gasteiger charge is 2.27. The maximum Gasteiger partial charge on any atom is 0.273 e. The molecule has 0 radical (unpaired) electrons. The molecule has 0 bridgehead atoms. The van der Waals surface area contributed by atoms with E-state index in [1.807, 2.05) is 35.2 Å². The normalized spacial score (nSPS) is 16.8. The number of carbonyl (C=O) groups is 1. The Kier molecular flexibility index (Phi) is 4.54. The summed E-state index contributed by atoms with van der Waals surface area (Å²) in [6.45, 7) is 1.20. The lowest BCUT2D eigenvalue weighted by molar-refractivity contribution is 0.0747. The summed E-state index contributed by atoms with van der Waals surface area (Å²) in [4.78, 5) is 23.9. The summed E-state index contributed by atoms with van der Waals surface area (Å²) < 4.78 is 0. The van der Waals surface area contributed by atoms with Gasteiger partial charge in [-0.3, -0.25) is 4.79 Å². The molecule has 1 aromatic heterocycles. The SMILES string of the molecule is Nc1nc(C(=O)N2Cc3ccccc3C2)c2cc(NC3CCCCC3)ccc2n1. The molecule has 0 atom stereocenters. The van der Waals surface area contributed by atoms with E-state index in [0.717, 1.165) is 11.1 Å². The number of hydrogen-bond acceptors (Lipinski definition) is 5. The van der Waals surface area contributed by atoms with Crippen molar-refractivity contribution in [1.82, 2.24) is 14.9 Å². The highest BCUT2D eigenvalue weighted by molar-refractivity contribution is 6.05. The summed E-state index contributed by atoms with van der Waals surface area (Å²) in [5, 5.41) is 4.38. The first-order valence-electron chi connectivity index (χ1n) is 10.4. The Bertz CT molecular complexity index is 1050. The van der Waals surface area contributed by atoms with E-state index >= 15 is 0 Å². The first-order valence-corrected chi connectivity index (χ1v) is 10.4. The van der Waals surface area contributed by atoms with Crippen molar-refractivity contribution in [2.45, 2.75) is 51.2 Å². The number of carbonyl (C=O) groups excluding carboxylic acids is 1. The Labute approximate surface area is 170 Å². The van der Waals surface area contributed by atoms with Gasteiger partial charge >= 0.3 is 0 Å². The van der Waals surface area contributed by atoms with E-state index in [0.29, 0.717) is 30.3 Å². The molecule has 148 valence electrons. The van der Waals surface area contributed by atoms with Gasteiger partial charge in [0.1, 0.15) is 5.69 Å². The first kappa shape index (κ1) is 17.9. The smallest absolute Gasteiger partial charge is 0.273 e. The molecule has 1 aliphatic heterocycles. The van der Waals surface area contributed by atoms with Crippen molar-refractivity contribution in [2.24, 2.45) is 0 Å². The number of benzene rings is 2. The largest absolute Gasteiger partial charge is 0.382 e. The molecule has 3 aromatic rings. The number of aromatic nitrogens is 2. The lowest BCUT2D eigenvalue weighted by Crippen LogP contribution is -2.27. The van der Waals surface area contributed by atoms with Gasteiger partial charge in [0.05, 0.1) is 5.52 Å². The fraction of sp³-hybridized carbons (Fsp3) is 0.348. The molecule has 0 saturated heterocycles. The predicted octanol–water partition coefficient (Wildman–Crippen LogP) is 4.11. The second-order valence-corrected chi connectivity index (χ2v) is 8.07. The zero-order valence-electron chi connectivity index (χ0n) is 16.4. The van der Waals surface area contributed by atoms with Crippen LogP contribution in [0.4, 0.5) is 11.6 Å². The summed E-state index contributed by atoms with van der Waals surface area (Å²) in [5.41, 5.74) is 10.4. The van der Waals surface area contributed by atoms with Crippen molar-refractivity contribution >= 4 is 28.4 Å². The van der Waals surface area contributed by atoms with E-state index in [1.54, 1.807) is 0 Å². The number of rotatable bonds is 3. The van der Waals surface area contributed by atoms with Gasteiger partial charge in [-0.2, -0.15) is 0 Å². The van der Waals surface area contributed by atoms with Crippen molar-refractivity contribution < 1.29 is 4.79 Å². The van der Waals surface area contributed by atoms with Crippen molar-refractivity contribution in [3.63, 3.8) is 0 Å². The fourth-order valence-electron chi connectivity index (χ4n) is 4.51. The van der Waals surface area contributed by atoms with Gasteiger partial charge in [-0.05, 0) is 42.2 Å². The number of nitrogens with one attached hydrogen (secondary N) is 1. The van der Waals surface area contributed by atoms with Gasteiger partial charge in [-0.25, -0.2) is 9.97 Å². The van der Waals surface area contributed by atoms with Crippen molar-refractivity contribution in [3.8, 4) is 0 Å². The molecule has 1 aliphatic carbocycles. The summed E-state index contributed by atoms with van der Waals surface area (Å²) in [7, 11) is 0. The average molecular weight is 387 g/mol. The van der Waals surface area contributed by atoms with Crippen molar-refractivity contribution in [3.05, 3.63) is 59.3 Å². The molecule has 6 heteroatoms. The standard InChI is InChI=1S/C23H25N5O/c24-23-26-20-11-10-18(25-17-8-2-1-3-9-17)12-19(20)21(27-23)22(29)28-13-15-6-4-5-7-16(15)14-28/h4-7,10-12,17,25H,1-3,8-9,13-14H2,(H2,24,26,27). The second-order valence-electron chi connectivity index (χ2n) is 8.07. The Morgan fingerprint density at radius 3 is 2.45 bits per heavy atom. The summed E-state index contributed by atoms with van der Waals surface area (Å²) in [6.07, 6.45) is 6.23. The van der Waals surface area contributed by atoms with Crippen LogP contribution in [0.15, 0.2) is 42.5 Å². The fourth-order valence-corrected chi connectivity index (χ4v) is 4.51. The molecule has 2 heterocycles. The number of fused-ring (bicyclic) bond motifs is 2. The summed E-state index contributed by atoms with van der Waals surface area (Å²) >= 11 is 0. The van der Waals surface area contributed by atoms with E-state index in [4.69, 9.17) is 5.73 Å². The Morgan fingerprint density at radius 1 is 1.00 bits per heavy atom. The molecule has 0 unspecified atom stereocenters. The molecule has 5 rings (SSSR count). The van der Waals surface area contributed by atoms with E-state index in [9.17, 15) is 4.79 Å². The minimum absolute atomic E-state index is 0.102. The molecular formula is C23H25N5O. The highest BCUT2D eigenvalue weighted by atomic mass is 16.2. The van der Waals surface area contributed by atoms with Crippen LogP contribution in [-0.4, -0.2) is 26.8 Å². The van der Waals surface area contributed by atoms with Crippen LogP contribution in [-0.2, 0) is 13.1 Å². The lowest BCUT2D eigenvalue weighted by atomic mass is 9.95. The van der Waals surface area contributed by atoms with Gasteiger partial charge in [0.25, 0.3) is 5.91 Å². The molecule has 29 heavy (non-hydrogen) atoms. The first-order chi connectivity index (χ1) is 14.2. The number of amides is 1. The van der Waals surface area contributed by atoms with E-state index in [-0.39, 0.29) is 11.9 Å². The average Bonchev–Trinajstić information content (AvgIpc) is 3.18. The van der Waals surface area contributed by atoms with Crippen LogP contribution in [0, 0.1) is 0 Å². The van der Waals surface area contributed by atoms with Crippen molar-refractivity contribution in [2.75, 3.05) is 11.1 Å². The topological polar surface area (TPSA) is 84.1 Å². The number of nitrogen functional groups attached to an aromatic ring is 1. The molecule has 3 N–H and O–H groups in total. The molecule has 1 saturated carbocycles. The minimum Gasteiger partial charge on any atom is -0.382 e. The van der Waals surface area contributed by atoms with Gasteiger partial charge in [0.15, 0.2) is 0 Å². The zero-order chi connectivity index (χ0) is 19.8. The number of anilines is 2. The highest BCUT2D eigenvalue weighted by Crippen LogP contribution is 2.28. The molecule has 1 amide bonds. The van der Waals surface area contributed by atoms with Gasteiger partial charge in [-0.1, -0.05) is 43.5 Å². The Hall–Kier alpha value is -3.15. The van der Waals surface area contributed by atoms with Crippen molar-refractivity contribution in [1.29, 1.82) is 0 Å². The summed E-state index contributed by atoms with van der Waals surface area (Å²) in [6, 6.07) is 14.6. The van der Waals surface area contributed by atoms with Crippen LogP contribution in [0.3, 0.4) is 0 Å². The van der Waals surface area contributed by atoms with Gasteiger partial charge in [-0.15, -0.1) is 0 Å². The van der Waals surface area contributed by atoms with Gasteiger partial charge in [0, 0.05) is 30.2 Å². The Morgan fingerprint density at radius 2 is 1.72 bits per heavy atom. The number of hydrogen-bond donors (Lipinski definition) is 2. The Balaban J connectivity index is 1.47. The molecule has 6 nitrogen and oxygen atoms in total. The molecular weight excluding hydrogens is 362 g/mol. The summed E-state index contributed by atoms with van der Waals surface area (Å²) in [5.74, 6) is 0.0284. The predicted molar refractivity (Wildman–Crippen MR) is 114 cm³/mol. The van der Waals surface area contributed by atoms with Crippen LogP contribution in [0.5, 0.6) is 0 Å². The number of nitrogens with two attached hydrogens (primary N) is 1. The maximum atomic E-state index is 13.3. The van der Waals surface area contributed by atoms with Crippen LogP contribution in [0.1, 0.15) is 53.7 Å². The third-order valence-electron chi connectivity index (χ3n) is 6.02. The van der Waals surface area contributed by atoms with Crippen LogP contribution in [0.25, 0.3) is 10.9 Å². The second kappa shape index (κ2) is 7.35. The molecule has 2 aromatic carbocycles. The van der Waals surface area contributed by atoms with E-state index in [2.05, 4.69) is 27.4 Å². The molecule has 1 fully saturated rings. The minimum atomic E-state index is -0.102. The molecule has 2 aliphatic rings. The number of nitrogens with zero attached hydrogens (tertiary/aromatic N) is 3.